The quantitative estimate of drug-likeness (QED) is 0.850. The van der Waals surface area contributed by atoms with Crippen LogP contribution in [0.5, 0.6) is 11.5 Å². The van der Waals surface area contributed by atoms with Gasteiger partial charge in [-0.1, -0.05) is 0 Å². The first-order valence-electron chi connectivity index (χ1n) is 6.28. The fourth-order valence-electron chi connectivity index (χ4n) is 2.01. The van der Waals surface area contributed by atoms with Gasteiger partial charge in [0.1, 0.15) is 0 Å². The minimum Gasteiger partial charge on any atom is -0.454 e. The standard InChI is InChI=1S/C12H15NO6S/c14-20(15,13-4-3-12-16-5-6-17-12)9-1-2-10-11(7-9)19-8-18-10/h1-2,7,12-13H,3-6,8H2. The average Bonchev–Trinajstić information content (AvgIpc) is 3.08. The molecule has 1 fully saturated rings. The van der Waals surface area contributed by atoms with E-state index in [0.717, 1.165) is 0 Å². The molecule has 0 aliphatic carbocycles. The second-order valence-electron chi connectivity index (χ2n) is 4.37. The summed E-state index contributed by atoms with van der Waals surface area (Å²) in [5.41, 5.74) is 0. The van der Waals surface area contributed by atoms with Crippen molar-refractivity contribution in [3.63, 3.8) is 0 Å². The molecule has 1 aromatic carbocycles. The zero-order chi connectivity index (χ0) is 14.0. The number of ether oxygens (including phenoxy) is 4. The molecule has 8 heteroatoms. The second-order valence-corrected chi connectivity index (χ2v) is 6.14. The van der Waals surface area contributed by atoms with Crippen molar-refractivity contribution in [1.82, 2.24) is 4.72 Å². The van der Waals surface area contributed by atoms with Crippen LogP contribution in [0.1, 0.15) is 6.42 Å². The fourth-order valence-corrected chi connectivity index (χ4v) is 3.08. The molecule has 0 radical (unpaired) electrons. The molecule has 110 valence electrons. The lowest BCUT2D eigenvalue weighted by Crippen LogP contribution is -2.27. The topological polar surface area (TPSA) is 83.1 Å². The number of fused-ring (bicyclic) bond motifs is 1. The first kappa shape index (κ1) is 13.6. The van der Waals surface area contributed by atoms with E-state index in [-0.39, 0.29) is 24.5 Å². The SMILES string of the molecule is O=S(=O)(NCCC1OCCO1)c1ccc2c(c1)OCO2. The van der Waals surface area contributed by atoms with Crippen LogP contribution in [0.4, 0.5) is 0 Å². The molecule has 0 amide bonds. The van der Waals surface area contributed by atoms with Gasteiger partial charge in [0, 0.05) is 19.0 Å². The van der Waals surface area contributed by atoms with Crippen LogP contribution in [0.15, 0.2) is 23.1 Å². The number of benzene rings is 1. The summed E-state index contributed by atoms with van der Waals surface area (Å²) in [5, 5.41) is 0. The van der Waals surface area contributed by atoms with E-state index in [4.69, 9.17) is 18.9 Å². The third-order valence-corrected chi connectivity index (χ3v) is 4.48. The molecular weight excluding hydrogens is 286 g/mol. The highest BCUT2D eigenvalue weighted by Gasteiger charge is 2.21. The van der Waals surface area contributed by atoms with Crippen molar-refractivity contribution in [3.05, 3.63) is 18.2 Å². The maximum Gasteiger partial charge on any atom is 0.240 e. The van der Waals surface area contributed by atoms with Crippen molar-refractivity contribution in [2.75, 3.05) is 26.6 Å². The van der Waals surface area contributed by atoms with Gasteiger partial charge >= 0.3 is 0 Å². The fraction of sp³-hybridized carbons (Fsp3) is 0.500. The van der Waals surface area contributed by atoms with E-state index in [9.17, 15) is 8.42 Å². The number of hydrogen-bond donors (Lipinski definition) is 1. The molecule has 2 heterocycles. The van der Waals surface area contributed by atoms with E-state index in [2.05, 4.69) is 4.72 Å². The molecular formula is C12H15NO6S. The maximum absolute atomic E-state index is 12.1. The predicted molar refractivity (Wildman–Crippen MR) is 68.1 cm³/mol. The molecule has 0 unspecified atom stereocenters. The van der Waals surface area contributed by atoms with E-state index in [1.807, 2.05) is 0 Å². The van der Waals surface area contributed by atoms with Gasteiger partial charge in [-0.15, -0.1) is 0 Å². The van der Waals surface area contributed by atoms with Crippen LogP contribution in [0.25, 0.3) is 0 Å². The molecule has 3 rings (SSSR count). The normalized spacial score (nSPS) is 18.6. The summed E-state index contributed by atoms with van der Waals surface area (Å²) >= 11 is 0. The third kappa shape index (κ3) is 2.88. The Bertz CT molecular complexity index is 582. The number of hydrogen-bond acceptors (Lipinski definition) is 6. The van der Waals surface area contributed by atoms with Gasteiger partial charge in [0.05, 0.1) is 18.1 Å². The molecule has 1 saturated heterocycles. The zero-order valence-corrected chi connectivity index (χ0v) is 11.5. The first-order chi connectivity index (χ1) is 9.65. The van der Waals surface area contributed by atoms with Crippen LogP contribution < -0.4 is 14.2 Å². The van der Waals surface area contributed by atoms with Crippen LogP contribution >= 0.6 is 0 Å². The van der Waals surface area contributed by atoms with Crippen molar-refractivity contribution in [2.45, 2.75) is 17.6 Å². The summed E-state index contributed by atoms with van der Waals surface area (Å²) in [6, 6.07) is 4.52. The summed E-state index contributed by atoms with van der Waals surface area (Å²) in [6.07, 6.45) is 0.151. The summed E-state index contributed by atoms with van der Waals surface area (Å²) in [4.78, 5) is 0.148. The lowest BCUT2D eigenvalue weighted by atomic mass is 10.3. The molecule has 0 atom stereocenters. The monoisotopic (exact) mass is 301 g/mol. The van der Waals surface area contributed by atoms with E-state index >= 15 is 0 Å². The molecule has 1 aromatic rings. The van der Waals surface area contributed by atoms with Crippen LogP contribution in [0.3, 0.4) is 0 Å². The van der Waals surface area contributed by atoms with Gasteiger partial charge in [-0.25, -0.2) is 13.1 Å². The van der Waals surface area contributed by atoms with E-state index < -0.39 is 10.0 Å². The second kappa shape index (κ2) is 5.57. The summed E-state index contributed by atoms with van der Waals surface area (Å²) < 4.78 is 47.5. The highest BCUT2D eigenvalue weighted by molar-refractivity contribution is 7.89. The molecule has 0 saturated carbocycles. The van der Waals surface area contributed by atoms with Crippen molar-refractivity contribution in [1.29, 1.82) is 0 Å². The highest BCUT2D eigenvalue weighted by atomic mass is 32.2. The smallest absolute Gasteiger partial charge is 0.240 e. The van der Waals surface area contributed by atoms with Crippen molar-refractivity contribution >= 4 is 10.0 Å². The Kier molecular flexibility index (Phi) is 3.79. The van der Waals surface area contributed by atoms with Gasteiger partial charge in [-0.3, -0.25) is 0 Å². The molecule has 0 spiro atoms. The largest absolute Gasteiger partial charge is 0.454 e. The van der Waals surface area contributed by atoms with E-state index in [1.54, 1.807) is 6.07 Å². The van der Waals surface area contributed by atoms with Gasteiger partial charge < -0.3 is 18.9 Å². The summed E-state index contributed by atoms with van der Waals surface area (Å²) in [5.74, 6) is 0.993. The Morgan fingerprint density at radius 1 is 1.15 bits per heavy atom. The zero-order valence-electron chi connectivity index (χ0n) is 10.7. The average molecular weight is 301 g/mol. The molecule has 2 aliphatic rings. The molecule has 20 heavy (non-hydrogen) atoms. The van der Waals surface area contributed by atoms with Gasteiger partial charge in [-0.2, -0.15) is 0 Å². The summed E-state index contributed by atoms with van der Waals surface area (Å²) in [7, 11) is -3.57. The van der Waals surface area contributed by atoms with Crippen molar-refractivity contribution in [3.8, 4) is 11.5 Å². The Balaban J connectivity index is 1.62. The Morgan fingerprint density at radius 2 is 1.90 bits per heavy atom. The Labute approximate surface area is 116 Å². The van der Waals surface area contributed by atoms with Crippen LogP contribution in [-0.2, 0) is 19.5 Å². The number of nitrogens with one attached hydrogen (secondary N) is 1. The van der Waals surface area contributed by atoms with Gasteiger partial charge in [0.15, 0.2) is 17.8 Å². The minimum atomic E-state index is -3.57. The third-order valence-electron chi connectivity index (χ3n) is 3.02. The van der Waals surface area contributed by atoms with Crippen LogP contribution in [0, 0.1) is 0 Å². The number of sulfonamides is 1. The molecule has 1 N–H and O–H groups in total. The lowest BCUT2D eigenvalue weighted by molar-refractivity contribution is -0.0451. The number of rotatable bonds is 5. The Hall–Kier alpha value is -1.35. The predicted octanol–water partition coefficient (Wildman–Crippen LogP) is 0.457. The van der Waals surface area contributed by atoms with Crippen LogP contribution in [-0.4, -0.2) is 41.3 Å². The van der Waals surface area contributed by atoms with Gasteiger partial charge in [-0.05, 0) is 12.1 Å². The molecule has 0 aromatic heterocycles. The summed E-state index contributed by atoms with van der Waals surface area (Å²) in [6.45, 7) is 1.48. The van der Waals surface area contributed by atoms with Gasteiger partial charge in [0.25, 0.3) is 0 Å². The first-order valence-corrected chi connectivity index (χ1v) is 7.76. The highest BCUT2D eigenvalue weighted by Crippen LogP contribution is 2.33. The molecule has 7 nitrogen and oxygen atoms in total. The van der Waals surface area contributed by atoms with Crippen LogP contribution in [0.2, 0.25) is 0 Å². The minimum absolute atomic E-state index is 0.114. The van der Waals surface area contributed by atoms with Crippen molar-refractivity contribution in [2.24, 2.45) is 0 Å². The van der Waals surface area contributed by atoms with E-state index in [0.29, 0.717) is 31.1 Å². The van der Waals surface area contributed by atoms with Crippen molar-refractivity contribution < 1.29 is 27.4 Å². The maximum atomic E-state index is 12.1. The van der Waals surface area contributed by atoms with Gasteiger partial charge in [0.2, 0.25) is 16.8 Å². The molecule has 0 bridgehead atoms. The lowest BCUT2D eigenvalue weighted by Gasteiger charge is -2.10. The Morgan fingerprint density at radius 3 is 2.70 bits per heavy atom. The molecule has 2 aliphatic heterocycles. The van der Waals surface area contributed by atoms with E-state index in [1.165, 1.54) is 12.1 Å².